The number of hydrogen-bond donors (Lipinski definition) is 1. The molecule has 1 atom stereocenters. The van der Waals surface area contributed by atoms with Crippen molar-refractivity contribution in [1.82, 2.24) is 5.32 Å². The van der Waals surface area contributed by atoms with Gasteiger partial charge in [-0.1, -0.05) is 35.4 Å². The highest BCUT2D eigenvalue weighted by atomic mass is 32.2. The Morgan fingerprint density at radius 2 is 1.57 bits per heavy atom. The van der Waals surface area contributed by atoms with Gasteiger partial charge in [0.15, 0.2) is 0 Å². The third-order valence-corrected chi connectivity index (χ3v) is 7.57. The standard InChI is InChI=1S/C27H32N2O5S/c1-18-7-11-23(12-8-18)35(31,32)29(25-13-9-19(2)15-20(25)3)17-27(30)28-21(4)24-16-22(33-5)10-14-26(24)34-6/h7-16,21H,17H2,1-6H3,(H,28,30)/t21-/m0/s1. The van der Waals surface area contributed by atoms with E-state index in [1.54, 1.807) is 62.8 Å². The lowest BCUT2D eigenvalue weighted by Gasteiger charge is -2.27. The van der Waals surface area contributed by atoms with E-state index in [0.717, 1.165) is 26.6 Å². The van der Waals surface area contributed by atoms with Crippen molar-refractivity contribution in [2.24, 2.45) is 0 Å². The molecule has 0 fully saturated rings. The van der Waals surface area contributed by atoms with Crippen LogP contribution in [0.15, 0.2) is 65.6 Å². The average Bonchev–Trinajstić information content (AvgIpc) is 2.82. The average molecular weight is 497 g/mol. The van der Waals surface area contributed by atoms with Gasteiger partial charge in [0.05, 0.1) is 30.8 Å². The van der Waals surface area contributed by atoms with Gasteiger partial charge in [0.25, 0.3) is 10.0 Å². The molecule has 35 heavy (non-hydrogen) atoms. The maximum absolute atomic E-state index is 13.7. The molecule has 0 aliphatic heterocycles. The Bertz CT molecular complexity index is 1300. The van der Waals surface area contributed by atoms with E-state index in [-0.39, 0.29) is 11.4 Å². The molecule has 0 unspecified atom stereocenters. The molecule has 0 heterocycles. The third-order valence-electron chi connectivity index (χ3n) is 5.80. The smallest absolute Gasteiger partial charge is 0.264 e. The molecule has 0 aliphatic carbocycles. The second-order valence-electron chi connectivity index (χ2n) is 8.51. The summed E-state index contributed by atoms with van der Waals surface area (Å²) in [6.07, 6.45) is 0. The van der Waals surface area contributed by atoms with Crippen LogP contribution in [0.5, 0.6) is 11.5 Å². The number of hydrogen-bond acceptors (Lipinski definition) is 5. The first-order chi connectivity index (χ1) is 16.6. The Hall–Kier alpha value is -3.52. The normalized spacial score (nSPS) is 12.1. The van der Waals surface area contributed by atoms with E-state index in [1.807, 2.05) is 39.8 Å². The summed E-state index contributed by atoms with van der Waals surface area (Å²) in [6.45, 7) is 7.09. The van der Waals surface area contributed by atoms with Crippen molar-refractivity contribution in [3.05, 3.63) is 82.9 Å². The topological polar surface area (TPSA) is 84.9 Å². The minimum Gasteiger partial charge on any atom is -0.497 e. The van der Waals surface area contributed by atoms with Gasteiger partial charge in [-0.25, -0.2) is 8.42 Å². The molecule has 1 amide bonds. The second-order valence-corrected chi connectivity index (χ2v) is 10.4. The van der Waals surface area contributed by atoms with Crippen LogP contribution in [0.3, 0.4) is 0 Å². The van der Waals surface area contributed by atoms with E-state index in [1.165, 1.54) is 0 Å². The number of ether oxygens (including phenoxy) is 2. The zero-order chi connectivity index (χ0) is 25.8. The van der Waals surface area contributed by atoms with Crippen molar-refractivity contribution in [3.8, 4) is 11.5 Å². The van der Waals surface area contributed by atoms with Crippen molar-refractivity contribution in [3.63, 3.8) is 0 Å². The van der Waals surface area contributed by atoms with Crippen LogP contribution in [0, 0.1) is 20.8 Å². The van der Waals surface area contributed by atoms with Crippen molar-refractivity contribution in [1.29, 1.82) is 0 Å². The van der Waals surface area contributed by atoms with Crippen LogP contribution in [-0.2, 0) is 14.8 Å². The summed E-state index contributed by atoms with van der Waals surface area (Å²) in [5, 5.41) is 2.91. The molecule has 186 valence electrons. The molecule has 0 saturated carbocycles. The second kappa shape index (κ2) is 10.8. The molecule has 8 heteroatoms. The quantitative estimate of drug-likeness (QED) is 0.464. The molecule has 3 aromatic carbocycles. The van der Waals surface area contributed by atoms with Crippen LogP contribution in [-0.4, -0.2) is 35.1 Å². The Labute approximate surface area is 207 Å². The van der Waals surface area contributed by atoms with Crippen molar-refractivity contribution >= 4 is 21.6 Å². The van der Waals surface area contributed by atoms with Gasteiger partial charge in [-0.05, 0) is 69.7 Å². The first-order valence-corrected chi connectivity index (χ1v) is 12.7. The molecule has 0 spiro atoms. The fourth-order valence-electron chi connectivity index (χ4n) is 3.90. The molecule has 0 aromatic heterocycles. The number of amides is 1. The van der Waals surface area contributed by atoms with E-state index < -0.39 is 22.0 Å². The molecule has 0 saturated heterocycles. The minimum absolute atomic E-state index is 0.124. The van der Waals surface area contributed by atoms with E-state index in [9.17, 15) is 13.2 Å². The van der Waals surface area contributed by atoms with Crippen LogP contribution < -0.4 is 19.1 Å². The highest BCUT2D eigenvalue weighted by Crippen LogP contribution is 2.30. The molecule has 3 rings (SSSR count). The number of nitrogens with zero attached hydrogens (tertiary/aromatic N) is 1. The lowest BCUT2D eigenvalue weighted by atomic mass is 10.1. The number of methoxy groups -OCH3 is 2. The van der Waals surface area contributed by atoms with Gasteiger partial charge in [-0.2, -0.15) is 0 Å². The third kappa shape index (κ3) is 5.95. The Morgan fingerprint density at radius 1 is 0.914 bits per heavy atom. The predicted molar refractivity (Wildman–Crippen MR) is 138 cm³/mol. The van der Waals surface area contributed by atoms with Gasteiger partial charge in [0.1, 0.15) is 18.0 Å². The van der Waals surface area contributed by atoms with E-state index in [0.29, 0.717) is 17.2 Å². The largest absolute Gasteiger partial charge is 0.497 e. The van der Waals surface area contributed by atoms with Gasteiger partial charge < -0.3 is 14.8 Å². The van der Waals surface area contributed by atoms with Crippen molar-refractivity contribution in [2.75, 3.05) is 25.1 Å². The first kappa shape index (κ1) is 26.1. The van der Waals surface area contributed by atoms with Gasteiger partial charge in [0, 0.05) is 5.56 Å². The summed E-state index contributed by atoms with van der Waals surface area (Å²) in [5.41, 5.74) is 3.89. The maximum atomic E-state index is 13.7. The van der Waals surface area contributed by atoms with Crippen LogP contribution in [0.2, 0.25) is 0 Å². The molecule has 0 radical (unpaired) electrons. The number of nitrogens with one attached hydrogen (secondary N) is 1. The van der Waals surface area contributed by atoms with Gasteiger partial charge in [-0.3, -0.25) is 9.10 Å². The molecule has 7 nitrogen and oxygen atoms in total. The summed E-state index contributed by atoms with van der Waals surface area (Å²) in [5.74, 6) is 0.774. The summed E-state index contributed by atoms with van der Waals surface area (Å²) >= 11 is 0. The maximum Gasteiger partial charge on any atom is 0.264 e. The molecular formula is C27H32N2O5S. The summed E-state index contributed by atoms with van der Waals surface area (Å²) in [6, 6.07) is 16.9. The van der Waals surface area contributed by atoms with Gasteiger partial charge >= 0.3 is 0 Å². The number of carbonyl (C=O) groups is 1. The highest BCUT2D eigenvalue weighted by Gasteiger charge is 2.29. The number of anilines is 1. The van der Waals surface area contributed by atoms with Crippen LogP contribution in [0.1, 0.15) is 35.2 Å². The highest BCUT2D eigenvalue weighted by molar-refractivity contribution is 7.92. The van der Waals surface area contributed by atoms with Crippen LogP contribution in [0.25, 0.3) is 0 Å². The molecule has 0 bridgehead atoms. The summed E-state index contributed by atoms with van der Waals surface area (Å²) in [7, 11) is -0.884. The molecular weight excluding hydrogens is 464 g/mol. The Balaban J connectivity index is 1.95. The van der Waals surface area contributed by atoms with Crippen LogP contribution >= 0.6 is 0 Å². The molecule has 0 aliphatic rings. The number of benzene rings is 3. The lowest BCUT2D eigenvalue weighted by molar-refractivity contribution is -0.120. The van der Waals surface area contributed by atoms with E-state index in [2.05, 4.69) is 5.32 Å². The fraction of sp³-hybridized carbons (Fsp3) is 0.296. The summed E-state index contributed by atoms with van der Waals surface area (Å²) in [4.78, 5) is 13.3. The van der Waals surface area contributed by atoms with Crippen molar-refractivity contribution < 1.29 is 22.7 Å². The minimum atomic E-state index is -4.00. The zero-order valence-corrected chi connectivity index (χ0v) is 21.8. The lowest BCUT2D eigenvalue weighted by Crippen LogP contribution is -2.42. The van der Waals surface area contributed by atoms with E-state index in [4.69, 9.17) is 9.47 Å². The van der Waals surface area contributed by atoms with Gasteiger partial charge in [-0.15, -0.1) is 0 Å². The predicted octanol–water partition coefficient (Wildman–Crippen LogP) is 4.70. The number of aryl methyl sites for hydroxylation is 3. The molecule has 3 aromatic rings. The van der Waals surface area contributed by atoms with Crippen LogP contribution in [0.4, 0.5) is 5.69 Å². The van der Waals surface area contributed by atoms with E-state index >= 15 is 0 Å². The SMILES string of the molecule is COc1ccc(OC)c([C@H](C)NC(=O)CN(c2ccc(C)cc2C)S(=O)(=O)c2ccc(C)cc2)c1. The zero-order valence-electron chi connectivity index (χ0n) is 21.0. The monoisotopic (exact) mass is 496 g/mol. The fourth-order valence-corrected chi connectivity index (χ4v) is 5.38. The Morgan fingerprint density at radius 3 is 2.17 bits per heavy atom. The first-order valence-electron chi connectivity index (χ1n) is 11.2. The number of sulfonamides is 1. The molecule has 1 N–H and O–H groups in total. The Kier molecular flexibility index (Phi) is 8.07. The number of rotatable bonds is 9. The summed E-state index contributed by atoms with van der Waals surface area (Å²) < 4.78 is 39.2. The number of carbonyl (C=O) groups excluding carboxylic acids is 1. The van der Waals surface area contributed by atoms with Gasteiger partial charge in [0.2, 0.25) is 5.91 Å². The van der Waals surface area contributed by atoms with Crippen molar-refractivity contribution in [2.45, 2.75) is 38.6 Å².